The zero-order valence-corrected chi connectivity index (χ0v) is 17.8. The molecule has 1 amide bonds. The van der Waals surface area contributed by atoms with E-state index in [1.165, 1.54) is 11.8 Å². The minimum atomic E-state index is -0.600. The molecule has 2 heterocycles. The van der Waals surface area contributed by atoms with E-state index in [2.05, 4.69) is 25.2 Å². The number of rotatable bonds is 4. The lowest BCUT2D eigenvalue weighted by molar-refractivity contribution is -0.117. The van der Waals surface area contributed by atoms with Crippen molar-refractivity contribution in [2.24, 2.45) is 0 Å². The summed E-state index contributed by atoms with van der Waals surface area (Å²) in [5, 5.41) is 2.74. The Morgan fingerprint density at radius 1 is 1.23 bits per heavy atom. The number of benzene rings is 2. The predicted molar refractivity (Wildman–Crippen MR) is 117 cm³/mol. The summed E-state index contributed by atoms with van der Waals surface area (Å²) in [7, 11) is 1.93. The Balaban J connectivity index is 1.45. The van der Waals surface area contributed by atoms with Gasteiger partial charge in [-0.05, 0) is 29.8 Å². The molecule has 0 radical (unpaired) electrons. The highest BCUT2D eigenvalue weighted by molar-refractivity contribution is 8.00. The van der Waals surface area contributed by atoms with Crippen LogP contribution in [0.1, 0.15) is 29.8 Å². The van der Waals surface area contributed by atoms with Crippen molar-refractivity contribution in [3.8, 4) is 0 Å². The van der Waals surface area contributed by atoms with Crippen LogP contribution in [0.25, 0.3) is 0 Å². The second-order valence-electron chi connectivity index (χ2n) is 7.82. The molecule has 0 aromatic heterocycles. The van der Waals surface area contributed by atoms with Gasteiger partial charge in [-0.25, -0.2) is 4.79 Å². The highest BCUT2D eigenvalue weighted by Crippen LogP contribution is 2.46. The summed E-state index contributed by atoms with van der Waals surface area (Å²) in [5.74, 6) is -0.636. The molecule has 0 spiro atoms. The van der Waals surface area contributed by atoms with E-state index >= 15 is 0 Å². The second kappa shape index (κ2) is 7.65. The van der Waals surface area contributed by atoms with Gasteiger partial charge in [0.15, 0.2) is 12.4 Å². The maximum Gasteiger partial charge on any atom is 0.338 e. The maximum atomic E-state index is 12.6. The largest absolute Gasteiger partial charge is 0.454 e. The molecule has 2 aromatic rings. The van der Waals surface area contributed by atoms with Crippen LogP contribution in [0.15, 0.2) is 59.1 Å². The first kappa shape index (κ1) is 20.2. The van der Waals surface area contributed by atoms with Crippen molar-refractivity contribution in [3.63, 3.8) is 0 Å². The number of thioether (sulfide) groups is 1. The molecule has 7 heteroatoms. The number of likely N-dealkylation sites (N-methyl/N-ethyl adjacent to an activating group) is 1. The number of carbonyl (C=O) groups is 3. The molecule has 4 rings (SSSR count). The van der Waals surface area contributed by atoms with Crippen molar-refractivity contribution in [3.05, 3.63) is 65.4 Å². The zero-order valence-electron chi connectivity index (χ0n) is 17.0. The minimum Gasteiger partial charge on any atom is -0.454 e. The lowest BCUT2D eigenvalue weighted by Crippen LogP contribution is -2.25. The molecule has 0 atom stereocenters. The van der Waals surface area contributed by atoms with Gasteiger partial charge in [-0.3, -0.25) is 9.59 Å². The lowest BCUT2D eigenvalue weighted by atomic mass is 9.83. The van der Waals surface area contributed by atoms with E-state index in [4.69, 9.17) is 4.74 Å². The number of nitrogens with zero attached hydrogens (tertiary/aromatic N) is 1. The third kappa shape index (κ3) is 3.61. The Morgan fingerprint density at radius 2 is 2.00 bits per heavy atom. The number of nitrogens with one attached hydrogen (secondary N) is 1. The Kier molecular flexibility index (Phi) is 5.15. The number of esters is 1. The van der Waals surface area contributed by atoms with Crippen molar-refractivity contribution >= 4 is 40.8 Å². The molecule has 2 aliphatic rings. The van der Waals surface area contributed by atoms with Crippen molar-refractivity contribution in [2.75, 3.05) is 29.6 Å². The molecule has 30 heavy (non-hydrogen) atoms. The van der Waals surface area contributed by atoms with Gasteiger partial charge >= 0.3 is 5.97 Å². The molecule has 0 unspecified atom stereocenters. The number of hydrogen-bond donors (Lipinski definition) is 1. The highest BCUT2D eigenvalue weighted by atomic mass is 32.2. The maximum absolute atomic E-state index is 12.6. The first-order valence-corrected chi connectivity index (χ1v) is 10.6. The first-order chi connectivity index (χ1) is 14.3. The van der Waals surface area contributed by atoms with Gasteiger partial charge in [0, 0.05) is 34.8 Å². The van der Waals surface area contributed by atoms with Crippen LogP contribution >= 0.6 is 11.8 Å². The van der Waals surface area contributed by atoms with Gasteiger partial charge in [0.2, 0.25) is 5.91 Å². The number of fused-ring (bicyclic) bond motifs is 2. The fraction of sp³-hybridized carbons (Fsp3) is 0.261. The lowest BCUT2D eigenvalue weighted by Gasteiger charge is -2.23. The smallest absolute Gasteiger partial charge is 0.338 e. The van der Waals surface area contributed by atoms with E-state index in [1.54, 1.807) is 24.3 Å². The van der Waals surface area contributed by atoms with E-state index in [9.17, 15) is 14.4 Å². The molecule has 154 valence electrons. The average Bonchev–Trinajstić information content (AvgIpc) is 2.92. The van der Waals surface area contributed by atoms with E-state index in [1.807, 2.05) is 30.1 Å². The summed E-state index contributed by atoms with van der Waals surface area (Å²) >= 11 is 1.42. The molecule has 0 bridgehead atoms. The number of anilines is 2. The molecule has 1 N–H and O–H groups in total. The third-order valence-corrected chi connectivity index (χ3v) is 6.51. The first-order valence-electron chi connectivity index (χ1n) is 9.59. The molecular formula is C23H22N2O4S. The Bertz CT molecular complexity index is 1090. The van der Waals surface area contributed by atoms with Gasteiger partial charge in [0.25, 0.3) is 0 Å². The van der Waals surface area contributed by atoms with Gasteiger partial charge in [-0.2, -0.15) is 0 Å². The number of carbonyl (C=O) groups excluding carboxylic acids is 3. The van der Waals surface area contributed by atoms with Gasteiger partial charge in [0.05, 0.1) is 17.0 Å². The highest BCUT2D eigenvalue weighted by Gasteiger charge is 2.38. The monoisotopic (exact) mass is 422 g/mol. The van der Waals surface area contributed by atoms with Crippen molar-refractivity contribution in [2.45, 2.75) is 24.2 Å². The Morgan fingerprint density at radius 3 is 2.77 bits per heavy atom. The van der Waals surface area contributed by atoms with E-state index in [-0.39, 0.29) is 23.7 Å². The number of allylic oxidation sites excluding steroid dienone is 1. The molecule has 0 fully saturated rings. The van der Waals surface area contributed by atoms with Crippen LogP contribution in [0, 0.1) is 0 Å². The number of hydrogen-bond acceptors (Lipinski definition) is 6. The Labute approximate surface area is 179 Å². The molecule has 0 aliphatic carbocycles. The number of ether oxygens (including phenoxy) is 1. The number of ketones is 1. The average molecular weight is 423 g/mol. The summed E-state index contributed by atoms with van der Waals surface area (Å²) in [6.45, 7) is 3.79. The second-order valence-corrected chi connectivity index (χ2v) is 8.84. The standard InChI is InChI=1S/C23H22N2O4S/c1-23(2)16-6-4-5-7-18(16)25(3)20(23)11-15(26)12-29-22(28)14-8-9-19-17(10-14)24-21(27)13-30-19/h4-11H,12-13H2,1-3H3,(H,24,27)/b20-11-. The van der Waals surface area contributed by atoms with Gasteiger partial charge < -0.3 is 15.0 Å². The minimum absolute atomic E-state index is 0.107. The molecule has 2 aromatic carbocycles. The van der Waals surface area contributed by atoms with Crippen molar-refractivity contribution in [1.82, 2.24) is 0 Å². The van der Waals surface area contributed by atoms with Gasteiger partial charge in [0.1, 0.15) is 0 Å². The SMILES string of the molecule is CN1/C(=C\C(=O)COC(=O)c2ccc3c(c2)NC(=O)CS3)C(C)(C)c2ccccc21. The number of amides is 1. The van der Waals surface area contributed by atoms with Crippen molar-refractivity contribution in [1.29, 1.82) is 0 Å². The summed E-state index contributed by atoms with van der Waals surface area (Å²) in [4.78, 5) is 39.4. The van der Waals surface area contributed by atoms with E-state index < -0.39 is 5.97 Å². The zero-order chi connectivity index (χ0) is 21.5. The van der Waals surface area contributed by atoms with Crippen LogP contribution in [0.4, 0.5) is 11.4 Å². The van der Waals surface area contributed by atoms with Gasteiger partial charge in [-0.15, -0.1) is 11.8 Å². The van der Waals surface area contributed by atoms with Crippen LogP contribution in [0.5, 0.6) is 0 Å². The molecule has 0 saturated carbocycles. The van der Waals surface area contributed by atoms with Gasteiger partial charge in [-0.1, -0.05) is 32.0 Å². The van der Waals surface area contributed by atoms with Crippen molar-refractivity contribution < 1.29 is 19.1 Å². The van der Waals surface area contributed by atoms with E-state index in [0.717, 1.165) is 21.8 Å². The third-order valence-electron chi connectivity index (χ3n) is 5.43. The van der Waals surface area contributed by atoms with Crippen LogP contribution in [-0.2, 0) is 19.7 Å². The van der Waals surface area contributed by atoms with Crippen LogP contribution in [-0.4, -0.2) is 37.1 Å². The summed E-state index contributed by atoms with van der Waals surface area (Å²) < 4.78 is 5.23. The summed E-state index contributed by atoms with van der Waals surface area (Å²) in [6.07, 6.45) is 1.55. The normalized spacial score (nSPS) is 17.9. The summed E-state index contributed by atoms with van der Waals surface area (Å²) in [5.41, 5.74) is 3.64. The van der Waals surface area contributed by atoms with Crippen LogP contribution in [0.3, 0.4) is 0 Å². The topological polar surface area (TPSA) is 75.7 Å². The Hall–Kier alpha value is -3.06. The van der Waals surface area contributed by atoms with E-state index in [0.29, 0.717) is 17.0 Å². The molecule has 6 nitrogen and oxygen atoms in total. The number of para-hydroxylation sites is 1. The predicted octanol–water partition coefficient (Wildman–Crippen LogP) is 3.77. The molecule has 2 aliphatic heterocycles. The van der Waals surface area contributed by atoms with Crippen LogP contribution in [0.2, 0.25) is 0 Å². The molecule has 0 saturated heterocycles. The fourth-order valence-electron chi connectivity index (χ4n) is 3.88. The summed E-state index contributed by atoms with van der Waals surface area (Å²) in [6, 6.07) is 13.0. The fourth-order valence-corrected chi connectivity index (χ4v) is 4.67. The molecular weight excluding hydrogens is 400 g/mol. The quantitative estimate of drug-likeness (QED) is 0.597. The van der Waals surface area contributed by atoms with Crippen LogP contribution < -0.4 is 10.2 Å².